The molecule has 18 heavy (non-hydrogen) atoms. The lowest BCUT2D eigenvalue weighted by atomic mass is 9.98. The molecule has 0 aliphatic heterocycles. The Morgan fingerprint density at radius 3 is 2.67 bits per heavy atom. The zero-order valence-corrected chi connectivity index (χ0v) is 12.5. The molecule has 0 saturated carbocycles. The minimum absolute atomic E-state index is 0.0495. The summed E-state index contributed by atoms with van der Waals surface area (Å²) in [5.41, 5.74) is 5.99. The first-order chi connectivity index (χ1) is 8.47. The highest BCUT2D eigenvalue weighted by Gasteiger charge is 2.25. The molecule has 1 amide bonds. The molecule has 1 aromatic heterocycles. The van der Waals surface area contributed by atoms with Crippen LogP contribution in [0.15, 0.2) is 17.5 Å². The van der Waals surface area contributed by atoms with Crippen molar-refractivity contribution < 1.29 is 4.79 Å². The summed E-state index contributed by atoms with van der Waals surface area (Å²) >= 11 is 1.73. The largest absolute Gasteiger partial charge is 0.341 e. The number of rotatable bonds is 6. The van der Waals surface area contributed by atoms with E-state index in [-0.39, 0.29) is 23.9 Å². The van der Waals surface area contributed by atoms with E-state index in [0.29, 0.717) is 0 Å². The van der Waals surface area contributed by atoms with Gasteiger partial charge in [0.1, 0.15) is 0 Å². The normalized spacial score (nSPS) is 16.1. The maximum absolute atomic E-state index is 12.2. The molecule has 102 valence electrons. The Morgan fingerprint density at radius 1 is 1.50 bits per heavy atom. The Morgan fingerprint density at radius 2 is 2.17 bits per heavy atom. The van der Waals surface area contributed by atoms with Crippen LogP contribution in [0.3, 0.4) is 0 Å². The topological polar surface area (TPSA) is 46.3 Å². The predicted molar refractivity (Wildman–Crippen MR) is 77.7 cm³/mol. The molecule has 0 aliphatic carbocycles. The Balaban J connectivity index is 2.57. The standard InChI is InChI=1S/C14H24N2OS/c1-5-10(2)13(15)14(17)16(4)11(3)9-12-7-6-8-18-12/h6-8,10-11,13H,5,9,15H2,1-4H3/t10-,11?,13-/m1/s1. The fourth-order valence-corrected chi connectivity index (χ4v) is 2.63. The molecule has 3 nitrogen and oxygen atoms in total. The van der Waals surface area contributed by atoms with Gasteiger partial charge in [0, 0.05) is 24.4 Å². The molecule has 0 aromatic carbocycles. The summed E-state index contributed by atoms with van der Waals surface area (Å²) in [6, 6.07) is 3.95. The molecular weight excluding hydrogens is 244 g/mol. The summed E-state index contributed by atoms with van der Waals surface area (Å²) in [7, 11) is 1.85. The highest BCUT2D eigenvalue weighted by Crippen LogP contribution is 2.15. The fourth-order valence-electron chi connectivity index (χ4n) is 1.81. The van der Waals surface area contributed by atoms with Crippen LogP contribution in [0.25, 0.3) is 0 Å². The summed E-state index contributed by atoms with van der Waals surface area (Å²) in [5.74, 6) is 0.280. The highest BCUT2D eigenvalue weighted by atomic mass is 32.1. The van der Waals surface area contributed by atoms with Crippen LogP contribution in [0.1, 0.15) is 32.1 Å². The molecule has 1 unspecified atom stereocenters. The van der Waals surface area contributed by atoms with Crippen molar-refractivity contribution in [3.05, 3.63) is 22.4 Å². The number of hydrogen-bond donors (Lipinski definition) is 1. The van der Waals surface area contributed by atoms with E-state index in [1.807, 2.05) is 20.0 Å². The number of carbonyl (C=O) groups excluding carboxylic acids is 1. The molecule has 1 heterocycles. The Labute approximate surface area is 114 Å². The van der Waals surface area contributed by atoms with Gasteiger partial charge in [0.15, 0.2) is 0 Å². The van der Waals surface area contributed by atoms with Crippen molar-refractivity contribution in [2.24, 2.45) is 11.7 Å². The van der Waals surface area contributed by atoms with Crippen molar-refractivity contribution in [3.8, 4) is 0 Å². The van der Waals surface area contributed by atoms with E-state index in [4.69, 9.17) is 5.73 Å². The zero-order valence-electron chi connectivity index (χ0n) is 11.7. The summed E-state index contributed by atoms with van der Waals surface area (Å²) in [6.07, 6.45) is 1.83. The van der Waals surface area contributed by atoms with Gasteiger partial charge in [0.05, 0.1) is 6.04 Å². The Bertz CT molecular complexity index is 364. The van der Waals surface area contributed by atoms with E-state index >= 15 is 0 Å². The van der Waals surface area contributed by atoms with Crippen molar-refractivity contribution in [3.63, 3.8) is 0 Å². The van der Waals surface area contributed by atoms with Gasteiger partial charge < -0.3 is 10.6 Å². The Kier molecular flexibility index (Phi) is 5.82. The maximum Gasteiger partial charge on any atom is 0.239 e. The molecule has 1 aromatic rings. The van der Waals surface area contributed by atoms with Gasteiger partial charge in [-0.15, -0.1) is 11.3 Å². The second-order valence-electron chi connectivity index (χ2n) is 4.99. The monoisotopic (exact) mass is 268 g/mol. The summed E-state index contributed by atoms with van der Waals surface area (Å²) in [4.78, 5) is 15.3. The van der Waals surface area contributed by atoms with Crippen molar-refractivity contribution in [2.75, 3.05) is 7.05 Å². The molecule has 0 spiro atoms. The lowest BCUT2D eigenvalue weighted by Crippen LogP contribution is -2.48. The predicted octanol–water partition coefficient (Wildman–Crippen LogP) is 2.51. The number of nitrogens with two attached hydrogens (primary N) is 1. The minimum Gasteiger partial charge on any atom is -0.341 e. The van der Waals surface area contributed by atoms with E-state index in [9.17, 15) is 4.79 Å². The molecular formula is C14H24N2OS. The van der Waals surface area contributed by atoms with E-state index < -0.39 is 0 Å². The number of likely N-dealkylation sites (N-methyl/N-ethyl adjacent to an activating group) is 1. The number of nitrogens with zero attached hydrogens (tertiary/aromatic N) is 1. The van der Waals surface area contributed by atoms with Crippen molar-refractivity contribution in [2.45, 2.75) is 45.7 Å². The van der Waals surface area contributed by atoms with Crippen LogP contribution in [0.2, 0.25) is 0 Å². The van der Waals surface area contributed by atoms with Crippen LogP contribution in [-0.4, -0.2) is 29.9 Å². The molecule has 3 atom stereocenters. The molecule has 0 radical (unpaired) electrons. The van der Waals surface area contributed by atoms with Gasteiger partial charge in [-0.1, -0.05) is 26.3 Å². The van der Waals surface area contributed by atoms with E-state index in [2.05, 4.69) is 25.3 Å². The first-order valence-electron chi connectivity index (χ1n) is 6.52. The first-order valence-corrected chi connectivity index (χ1v) is 7.40. The van der Waals surface area contributed by atoms with Crippen LogP contribution in [0.4, 0.5) is 0 Å². The lowest BCUT2D eigenvalue weighted by molar-refractivity contribution is -0.134. The van der Waals surface area contributed by atoms with Crippen molar-refractivity contribution >= 4 is 17.2 Å². The molecule has 0 aliphatic rings. The van der Waals surface area contributed by atoms with Crippen molar-refractivity contribution in [1.82, 2.24) is 4.90 Å². The summed E-state index contributed by atoms with van der Waals surface area (Å²) in [6.45, 7) is 6.16. The van der Waals surface area contributed by atoms with Gasteiger partial charge in [-0.2, -0.15) is 0 Å². The average Bonchev–Trinajstić information content (AvgIpc) is 2.87. The van der Waals surface area contributed by atoms with Gasteiger partial charge >= 0.3 is 0 Å². The van der Waals surface area contributed by atoms with E-state index in [0.717, 1.165) is 12.8 Å². The fraction of sp³-hybridized carbons (Fsp3) is 0.643. The number of hydrogen-bond acceptors (Lipinski definition) is 3. The smallest absolute Gasteiger partial charge is 0.239 e. The highest BCUT2D eigenvalue weighted by molar-refractivity contribution is 7.09. The van der Waals surface area contributed by atoms with Crippen LogP contribution in [0.5, 0.6) is 0 Å². The summed E-state index contributed by atoms with van der Waals surface area (Å²) in [5, 5.41) is 2.06. The molecule has 0 bridgehead atoms. The van der Waals surface area contributed by atoms with Gasteiger partial charge in [0.2, 0.25) is 5.91 Å². The minimum atomic E-state index is -0.384. The molecule has 4 heteroatoms. The zero-order chi connectivity index (χ0) is 13.7. The lowest BCUT2D eigenvalue weighted by Gasteiger charge is -2.29. The summed E-state index contributed by atoms with van der Waals surface area (Å²) < 4.78 is 0. The average molecular weight is 268 g/mol. The quantitative estimate of drug-likeness (QED) is 0.861. The molecule has 1 rings (SSSR count). The maximum atomic E-state index is 12.2. The van der Waals surface area contributed by atoms with E-state index in [1.165, 1.54) is 4.88 Å². The van der Waals surface area contributed by atoms with E-state index in [1.54, 1.807) is 16.2 Å². The molecule has 0 fully saturated rings. The van der Waals surface area contributed by atoms with Crippen LogP contribution in [-0.2, 0) is 11.2 Å². The SMILES string of the molecule is CC[C@@H](C)[C@@H](N)C(=O)N(C)C(C)Cc1cccs1. The van der Waals surface area contributed by atoms with Gasteiger partial charge in [-0.25, -0.2) is 0 Å². The third-order valence-corrected chi connectivity index (χ3v) is 4.53. The second-order valence-corrected chi connectivity index (χ2v) is 6.03. The van der Waals surface area contributed by atoms with Crippen LogP contribution >= 0.6 is 11.3 Å². The number of amides is 1. The van der Waals surface area contributed by atoms with Gasteiger partial charge in [-0.05, 0) is 24.3 Å². The van der Waals surface area contributed by atoms with Crippen LogP contribution in [0, 0.1) is 5.92 Å². The number of thiophene rings is 1. The third-order valence-electron chi connectivity index (χ3n) is 3.63. The molecule has 0 saturated heterocycles. The first kappa shape index (κ1) is 15.2. The van der Waals surface area contributed by atoms with Gasteiger partial charge in [-0.3, -0.25) is 4.79 Å². The van der Waals surface area contributed by atoms with Crippen LogP contribution < -0.4 is 5.73 Å². The van der Waals surface area contributed by atoms with Crippen molar-refractivity contribution in [1.29, 1.82) is 0 Å². The second kappa shape index (κ2) is 6.90. The van der Waals surface area contributed by atoms with Gasteiger partial charge in [0.25, 0.3) is 0 Å². The third kappa shape index (κ3) is 3.82. The Hall–Kier alpha value is -0.870. The number of carbonyl (C=O) groups is 1. The molecule has 2 N–H and O–H groups in total.